The van der Waals surface area contributed by atoms with Crippen LogP contribution in [0.15, 0.2) is 10.9 Å². The number of nitrogens with one attached hydrogen (secondary N) is 2. The maximum atomic E-state index is 12.4. The lowest BCUT2D eigenvalue weighted by atomic mass is 9.86. The fraction of sp³-hybridized carbons (Fsp3) is 0.632. The maximum absolute atomic E-state index is 12.4. The number of hydrogen-bond donors (Lipinski definition) is 2. The van der Waals surface area contributed by atoms with Gasteiger partial charge in [0, 0.05) is 50.4 Å². The Morgan fingerprint density at radius 2 is 1.96 bits per heavy atom. The van der Waals surface area contributed by atoms with Gasteiger partial charge >= 0.3 is 0 Å². The lowest BCUT2D eigenvalue weighted by Gasteiger charge is -2.32. The molecule has 1 unspecified atom stereocenters. The molecule has 0 saturated carbocycles. The summed E-state index contributed by atoms with van der Waals surface area (Å²) in [4.78, 5) is 44.2. The smallest absolute Gasteiger partial charge is 0.261 e. The first kappa shape index (κ1) is 18.8. The first-order valence-corrected chi connectivity index (χ1v) is 9.42. The van der Waals surface area contributed by atoms with Gasteiger partial charge < -0.3 is 20.1 Å². The van der Waals surface area contributed by atoms with E-state index < -0.39 is 11.5 Å². The topological polar surface area (TPSA) is 85.5 Å². The van der Waals surface area contributed by atoms with Crippen molar-refractivity contribution in [1.29, 1.82) is 0 Å². The second-order valence-electron chi connectivity index (χ2n) is 7.60. The van der Waals surface area contributed by atoms with Crippen LogP contribution in [0.2, 0.25) is 0 Å². The number of pyridine rings is 1. The molecule has 142 valence electrons. The van der Waals surface area contributed by atoms with Crippen LogP contribution in [0, 0.1) is 5.92 Å². The van der Waals surface area contributed by atoms with Crippen molar-refractivity contribution in [1.82, 2.24) is 20.1 Å². The van der Waals surface area contributed by atoms with Crippen molar-refractivity contribution in [3.05, 3.63) is 33.2 Å². The summed E-state index contributed by atoms with van der Waals surface area (Å²) in [7, 11) is 2.12. The van der Waals surface area contributed by atoms with Gasteiger partial charge in [0.05, 0.1) is 0 Å². The van der Waals surface area contributed by atoms with Crippen LogP contribution >= 0.6 is 0 Å². The number of fused-ring (bicyclic) bond motifs is 1. The lowest BCUT2D eigenvalue weighted by Crippen LogP contribution is -2.45. The third kappa shape index (κ3) is 4.40. The van der Waals surface area contributed by atoms with Crippen molar-refractivity contribution in [2.75, 3.05) is 46.3 Å². The van der Waals surface area contributed by atoms with E-state index in [0.29, 0.717) is 30.6 Å². The number of hydrogen-bond acceptors (Lipinski definition) is 5. The van der Waals surface area contributed by atoms with E-state index in [2.05, 4.69) is 27.1 Å². The number of H-pyrrole nitrogens is 1. The molecule has 7 heteroatoms. The minimum atomic E-state index is -0.415. The largest absolute Gasteiger partial charge is 0.352 e. The summed E-state index contributed by atoms with van der Waals surface area (Å²) in [6, 6.07) is 1.47. The summed E-state index contributed by atoms with van der Waals surface area (Å²) >= 11 is 0. The molecule has 3 rings (SSSR count). The third-order valence-corrected chi connectivity index (χ3v) is 5.29. The SMILES string of the molecule is CC1CC(=O)c2cc(C(=O)NCCCN3CCN(C)CC3)c(=O)[nH]c2C1. The molecule has 2 heterocycles. The number of rotatable bonds is 5. The van der Waals surface area contributed by atoms with Crippen molar-refractivity contribution < 1.29 is 9.59 Å². The molecule has 1 aromatic heterocycles. The monoisotopic (exact) mass is 360 g/mol. The van der Waals surface area contributed by atoms with Crippen LogP contribution < -0.4 is 10.9 Å². The summed E-state index contributed by atoms with van der Waals surface area (Å²) in [5, 5.41) is 2.81. The molecule has 1 saturated heterocycles. The fourth-order valence-corrected chi connectivity index (χ4v) is 3.67. The van der Waals surface area contributed by atoms with Crippen LogP contribution in [-0.4, -0.2) is 72.8 Å². The highest BCUT2D eigenvalue weighted by molar-refractivity contribution is 6.01. The van der Waals surface area contributed by atoms with Crippen molar-refractivity contribution in [3.63, 3.8) is 0 Å². The zero-order valence-electron chi connectivity index (χ0n) is 15.6. The van der Waals surface area contributed by atoms with Gasteiger partial charge in [0.15, 0.2) is 5.78 Å². The number of aromatic nitrogens is 1. The zero-order valence-corrected chi connectivity index (χ0v) is 15.6. The summed E-state index contributed by atoms with van der Waals surface area (Å²) < 4.78 is 0. The van der Waals surface area contributed by atoms with E-state index in [1.54, 1.807) is 0 Å². The minimum absolute atomic E-state index is 0.000818. The van der Waals surface area contributed by atoms with Gasteiger partial charge in [-0.25, -0.2) is 0 Å². The number of carbonyl (C=O) groups excluding carboxylic acids is 2. The molecule has 1 aliphatic carbocycles. The third-order valence-electron chi connectivity index (χ3n) is 5.29. The molecule has 1 atom stereocenters. The summed E-state index contributed by atoms with van der Waals surface area (Å²) in [6.45, 7) is 7.69. The summed E-state index contributed by atoms with van der Waals surface area (Å²) in [5.41, 5.74) is 0.768. The molecular formula is C19H28N4O3. The number of carbonyl (C=O) groups is 2. The summed E-state index contributed by atoms with van der Waals surface area (Å²) in [6.07, 6.45) is 1.98. The first-order valence-electron chi connectivity index (χ1n) is 9.42. The first-order chi connectivity index (χ1) is 12.4. The van der Waals surface area contributed by atoms with Gasteiger partial charge in [-0.3, -0.25) is 14.4 Å². The van der Waals surface area contributed by atoms with Crippen molar-refractivity contribution in [2.24, 2.45) is 5.92 Å². The highest BCUT2D eigenvalue weighted by Gasteiger charge is 2.25. The maximum Gasteiger partial charge on any atom is 0.261 e. The van der Waals surface area contributed by atoms with E-state index in [-0.39, 0.29) is 17.3 Å². The Hall–Kier alpha value is -1.99. The number of ketones is 1. The van der Waals surface area contributed by atoms with Gasteiger partial charge in [0.25, 0.3) is 11.5 Å². The highest BCUT2D eigenvalue weighted by Crippen LogP contribution is 2.23. The van der Waals surface area contributed by atoms with E-state index in [0.717, 1.165) is 39.1 Å². The van der Waals surface area contributed by atoms with E-state index in [1.165, 1.54) is 6.07 Å². The number of piperazine rings is 1. The fourth-order valence-electron chi connectivity index (χ4n) is 3.67. The van der Waals surface area contributed by atoms with Crippen LogP contribution in [-0.2, 0) is 6.42 Å². The van der Waals surface area contributed by atoms with Gasteiger partial charge in [-0.2, -0.15) is 0 Å². The van der Waals surface area contributed by atoms with Gasteiger partial charge in [-0.05, 0) is 38.4 Å². The Kier molecular flexibility index (Phi) is 5.88. The lowest BCUT2D eigenvalue weighted by molar-refractivity contribution is 0.0947. The van der Waals surface area contributed by atoms with Gasteiger partial charge in [-0.1, -0.05) is 6.92 Å². The zero-order chi connectivity index (χ0) is 18.7. The molecular weight excluding hydrogens is 332 g/mol. The predicted octanol–water partition coefficient (Wildman–Crippen LogP) is 0.507. The molecule has 1 fully saturated rings. The molecule has 0 spiro atoms. The van der Waals surface area contributed by atoms with Crippen LogP contribution in [0.3, 0.4) is 0 Å². The van der Waals surface area contributed by atoms with Crippen molar-refractivity contribution in [2.45, 2.75) is 26.2 Å². The molecule has 0 radical (unpaired) electrons. The molecule has 1 aliphatic heterocycles. The second kappa shape index (κ2) is 8.14. The van der Waals surface area contributed by atoms with Gasteiger partial charge in [-0.15, -0.1) is 0 Å². The van der Waals surface area contributed by atoms with E-state index >= 15 is 0 Å². The Morgan fingerprint density at radius 3 is 2.69 bits per heavy atom. The van der Waals surface area contributed by atoms with Gasteiger partial charge in [0.2, 0.25) is 0 Å². The predicted molar refractivity (Wildman–Crippen MR) is 99.8 cm³/mol. The summed E-state index contributed by atoms with van der Waals surface area (Å²) in [5.74, 6) is -0.183. The van der Waals surface area contributed by atoms with Crippen LogP contribution in [0.4, 0.5) is 0 Å². The highest BCUT2D eigenvalue weighted by atomic mass is 16.2. The van der Waals surface area contributed by atoms with Gasteiger partial charge in [0.1, 0.15) is 5.56 Å². The standard InChI is InChI=1S/C19H28N4O3/c1-13-10-16-14(17(24)11-13)12-15(19(26)21-16)18(25)20-4-3-5-23-8-6-22(2)7-9-23/h12-13H,3-11H2,1-2H3,(H,20,25)(H,21,26). The molecule has 2 N–H and O–H groups in total. The average Bonchev–Trinajstić information content (AvgIpc) is 2.59. The quantitative estimate of drug-likeness (QED) is 0.747. The molecule has 0 aromatic carbocycles. The van der Waals surface area contributed by atoms with Crippen LogP contribution in [0.5, 0.6) is 0 Å². The molecule has 1 aromatic rings. The molecule has 7 nitrogen and oxygen atoms in total. The number of aromatic amines is 1. The van der Waals surface area contributed by atoms with E-state index in [9.17, 15) is 14.4 Å². The average molecular weight is 360 g/mol. The number of Topliss-reactive ketones (excluding diaryl/α,β-unsaturated/α-hetero) is 1. The van der Waals surface area contributed by atoms with E-state index in [1.807, 2.05) is 6.92 Å². The van der Waals surface area contributed by atoms with Crippen molar-refractivity contribution in [3.8, 4) is 0 Å². The Bertz CT molecular complexity index is 735. The Labute approximate surface area is 153 Å². The Morgan fingerprint density at radius 1 is 1.23 bits per heavy atom. The molecule has 0 bridgehead atoms. The molecule has 2 aliphatic rings. The molecule has 1 amide bonds. The minimum Gasteiger partial charge on any atom is -0.352 e. The van der Waals surface area contributed by atoms with Crippen molar-refractivity contribution >= 4 is 11.7 Å². The van der Waals surface area contributed by atoms with Crippen LogP contribution in [0.25, 0.3) is 0 Å². The second-order valence-corrected chi connectivity index (χ2v) is 7.60. The normalized spacial score (nSPS) is 21.5. The number of nitrogens with zero attached hydrogens (tertiary/aromatic N) is 2. The van der Waals surface area contributed by atoms with E-state index in [4.69, 9.17) is 0 Å². The molecule has 26 heavy (non-hydrogen) atoms. The Balaban J connectivity index is 1.54. The number of likely N-dealkylation sites (N-methyl/N-ethyl adjacent to an activating group) is 1. The number of amides is 1. The van der Waals surface area contributed by atoms with Crippen LogP contribution in [0.1, 0.15) is 46.2 Å².